The highest BCUT2D eigenvalue weighted by Gasteiger charge is 2.12. The smallest absolute Gasteiger partial charge is 0.330 e. The Bertz CT molecular complexity index is 195. The van der Waals surface area contributed by atoms with Crippen molar-refractivity contribution in [2.24, 2.45) is 0 Å². The van der Waals surface area contributed by atoms with Gasteiger partial charge in [-0.1, -0.05) is 6.58 Å². The number of hydrogen-bond donors (Lipinski definition) is 0. The fourth-order valence-electron chi connectivity index (χ4n) is 1.74. The summed E-state index contributed by atoms with van der Waals surface area (Å²) in [5, 5.41) is 0. The van der Waals surface area contributed by atoms with E-state index in [0.29, 0.717) is 12.7 Å². The van der Waals surface area contributed by atoms with Crippen LogP contribution in [0.1, 0.15) is 38.5 Å². The molecule has 1 fully saturated rings. The van der Waals surface area contributed by atoms with Crippen molar-refractivity contribution in [2.45, 2.75) is 44.6 Å². The van der Waals surface area contributed by atoms with Crippen LogP contribution in [0.5, 0.6) is 0 Å². The lowest BCUT2D eigenvalue weighted by atomic mass is 10.0. The summed E-state index contributed by atoms with van der Waals surface area (Å²) in [5.41, 5.74) is 0. The van der Waals surface area contributed by atoms with Crippen molar-refractivity contribution in [1.29, 1.82) is 0 Å². The molecule has 1 rings (SSSR count). The monoisotopic (exact) mass is 212 g/mol. The van der Waals surface area contributed by atoms with Crippen molar-refractivity contribution in [3.05, 3.63) is 12.7 Å². The van der Waals surface area contributed by atoms with Crippen LogP contribution in [-0.4, -0.2) is 25.3 Å². The molecule has 15 heavy (non-hydrogen) atoms. The van der Waals surface area contributed by atoms with Crippen LogP contribution in [0.2, 0.25) is 0 Å². The highest BCUT2D eigenvalue weighted by atomic mass is 16.5. The minimum Gasteiger partial charge on any atom is -0.463 e. The lowest BCUT2D eigenvalue weighted by Gasteiger charge is -2.22. The van der Waals surface area contributed by atoms with Crippen molar-refractivity contribution in [3.8, 4) is 0 Å². The molecule has 0 radical (unpaired) electrons. The van der Waals surface area contributed by atoms with Crippen LogP contribution >= 0.6 is 0 Å². The van der Waals surface area contributed by atoms with E-state index >= 15 is 0 Å². The van der Waals surface area contributed by atoms with Gasteiger partial charge in [0, 0.05) is 12.7 Å². The Kier molecular flexibility index (Phi) is 6.09. The minimum absolute atomic E-state index is 0.330. The fraction of sp³-hybridized carbons (Fsp3) is 0.750. The maximum atomic E-state index is 10.7. The topological polar surface area (TPSA) is 35.5 Å². The number of esters is 1. The molecule has 0 aromatic carbocycles. The van der Waals surface area contributed by atoms with E-state index in [2.05, 4.69) is 6.58 Å². The first-order chi connectivity index (χ1) is 7.33. The van der Waals surface area contributed by atoms with Gasteiger partial charge in [0.2, 0.25) is 0 Å². The van der Waals surface area contributed by atoms with E-state index in [0.717, 1.165) is 25.9 Å². The van der Waals surface area contributed by atoms with E-state index in [1.807, 2.05) is 0 Å². The van der Waals surface area contributed by atoms with Crippen molar-refractivity contribution >= 4 is 5.97 Å². The normalized spacial score (nSPS) is 20.9. The van der Waals surface area contributed by atoms with Gasteiger partial charge >= 0.3 is 5.97 Å². The summed E-state index contributed by atoms with van der Waals surface area (Å²) >= 11 is 0. The molecule has 3 nitrogen and oxygen atoms in total. The molecule has 0 saturated carbocycles. The second kappa shape index (κ2) is 7.46. The number of unbranched alkanes of at least 4 members (excludes halogenated alkanes) is 1. The lowest BCUT2D eigenvalue weighted by Crippen LogP contribution is -2.18. The first kappa shape index (κ1) is 12.2. The Labute approximate surface area is 91.4 Å². The highest BCUT2D eigenvalue weighted by Crippen LogP contribution is 2.17. The van der Waals surface area contributed by atoms with Gasteiger partial charge in [0.25, 0.3) is 0 Å². The molecule has 1 heterocycles. The van der Waals surface area contributed by atoms with Crippen LogP contribution < -0.4 is 0 Å². The predicted molar refractivity (Wildman–Crippen MR) is 58.6 cm³/mol. The number of hydrogen-bond acceptors (Lipinski definition) is 3. The molecule has 1 aliphatic heterocycles. The summed E-state index contributed by atoms with van der Waals surface area (Å²) in [5.74, 6) is -0.330. The molecular formula is C12H20O3. The standard InChI is InChI=1S/C12H20O3/c1-2-12(13)15-10-6-4-8-11-7-3-5-9-14-11/h2,11H,1,3-10H2. The van der Waals surface area contributed by atoms with Crippen LogP contribution in [0.25, 0.3) is 0 Å². The van der Waals surface area contributed by atoms with Crippen LogP contribution in [0, 0.1) is 0 Å². The molecular weight excluding hydrogens is 192 g/mol. The fourth-order valence-corrected chi connectivity index (χ4v) is 1.74. The van der Waals surface area contributed by atoms with E-state index in [1.165, 1.54) is 25.3 Å². The molecule has 0 aromatic rings. The highest BCUT2D eigenvalue weighted by molar-refractivity contribution is 5.81. The summed E-state index contributed by atoms with van der Waals surface area (Å²) in [6.07, 6.45) is 8.38. The maximum absolute atomic E-state index is 10.7. The van der Waals surface area contributed by atoms with Gasteiger partial charge in [-0.3, -0.25) is 0 Å². The zero-order valence-corrected chi connectivity index (χ0v) is 9.24. The average molecular weight is 212 g/mol. The molecule has 1 saturated heterocycles. The van der Waals surface area contributed by atoms with E-state index in [9.17, 15) is 4.79 Å². The minimum atomic E-state index is -0.330. The maximum Gasteiger partial charge on any atom is 0.330 e. The van der Waals surface area contributed by atoms with Gasteiger partial charge in [0.15, 0.2) is 0 Å². The first-order valence-corrected chi connectivity index (χ1v) is 5.73. The van der Waals surface area contributed by atoms with Gasteiger partial charge in [-0.05, 0) is 38.5 Å². The Morgan fingerprint density at radius 3 is 3.00 bits per heavy atom. The summed E-state index contributed by atoms with van der Waals surface area (Å²) < 4.78 is 10.5. The number of ether oxygens (including phenoxy) is 2. The third-order valence-corrected chi connectivity index (χ3v) is 2.61. The Hall–Kier alpha value is -0.830. The van der Waals surface area contributed by atoms with Crippen molar-refractivity contribution in [1.82, 2.24) is 0 Å². The van der Waals surface area contributed by atoms with Gasteiger partial charge in [-0.15, -0.1) is 0 Å². The van der Waals surface area contributed by atoms with Crippen LogP contribution in [0.3, 0.4) is 0 Å². The van der Waals surface area contributed by atoms with Gasteiger partial charge in [-0.25, -0.2) is 4.79 Å². The summed E-state index contributed by atoms with van der Waals surface area (Å²) in [7, 11) is 0. The van der Waals surface area contributed by atoms with Crippen molar-refractivity contribution < 1.29 is 14.3 Å². The molecule has 1 unspecified atom stereocenters. The van der Waals surface area contributed by atoms with Crippen LogP contribution in [0.15, 0.2) is 12.7 Å². The SMILES string of the molecule is C=CC(=O)OCCCCC1CCCCO1. The molecule has 0 amide bonds. The van der Waals surface area contributed by atoms with Gasteiger partial charge < -0.3 is 9.47 Å². The summed E-state index contributed by atoms with van der Waals surface area (Å²) in [6, 6.07) is 0. The third kappa shape index (κ3) is 5.57. The molecule has 0 spiro atoms. The quantitative estimate of drug-likeness (QED) is 0.385. The molecule has 0 bridgehead atoms. The van der Waals surface area contributed by atoms with Crippen molar-refractivity contribution in [3.63, 3.8) is 0 Å². The zero-order chi connectivity index (χ0) is 10.9. The van der Waals surface area contributed by atoms with E-state index in [1.54, 1.807) is 0 Å². The van der Waals surface area contributed by atoms with Gasteiger partial charge in [-0.2, -0.15) is 0 Å². The number of carbonyl (C=O) groups excluding carboxylic acids is 1. The Morgan fingerprint density at radius 2 is 2.33 bits per heavy atom. The van der Waals surface area contributed by atoms with E-state index in [4.69, 9.17) is 9.47 Å². The Morgan fingerprint density at radius 1 is 1.47 bits per heavy atom. The number of carbonyl (C=O) groups is 1. The number of rotatable bonds is 6. The zero-order valence-electron chi connectivity index (χ0n) is 9.24. The molecule has 1 atom stereocenters. The molecule has 86 valence electrons. The van der Waals surface area contributed by atoms with Crippen LogP contribution in [-0.2, 0) is 14.3 Å². The molecule has 0 aromatic heterocycles. The molecule has 0 N–H and O–H groups in total. The molecule has 0 aliphatic carbocycles. The molecule has 1 aliphatic rings. The second-order valence-corrected chi connectivity index (χ2v) is 3.86. The lowest BCUT2D eigenvalue weighted by molar-refractivity contribution is -0.137. The molecule has 3 heteroatoms. The average Bonchev–Trinajstić information content (AvgIpc) is 2.29. The van der Waals surface area contributed by atoms with E-state index < -0.39 is 0 Å². The van der Waals surface area contributed by atoms with Gasteiger partial charge in [0.1, 0.15) is 0 Å². The van der Waals surface area contributed by atoms with Crippen LogP contribution in [0.4, 0.5) is 0 Å². The second-order valence-electron chi connectivity index (χ2n) is 3.86. The summed E-state index contributed by atoms with van der Waals surface area (Å²) in [6.45, 7) is 4.75. The van der Waals surface area contributed by atoms with Crippen molar-refractivity contribution in [2.75, 3.05) is 13.2 Å². The van der Waals surface area contributed by atoms with Gasteiger partial charge in [0.05, 0.1) is 12.7 Å². The van der Waals surface area contributed by atoms with E-state index in [-0.39, 0.29) is 5.97 Å². The first-order valence-electron chi connectivity index (χ1n) is 5.73. The predicted octanol–water partition coefficient (Wildman–Crippen LogP) is 2.46. The Balaban J connectivity index is 1.91. The largest absolute Gasteiger partial charge is 0.463 e. The third-order valence-electron chi connectivity index (χ3n) is 2.61. The summed E-state index contributed by atoms with van der Waals surface area (Å²) in [4.78, 5) is 10.7.